The smallest absolute Gasteiger partial charge is 0.325 e. The van der Waals surface area contributed by atoms with Gasteiger partial charge < -0.3 is 20.5 Å². The van der Waals surface area contributed by atoms with Crippen molar-refractivity contribution in [1.82, 2.24) is 10.6 Å². The summed E-state index contributed by atoms with van der Waals surface area (Å²) in [7, 11) is 0. The molecule has 0 heterocycles. The summed E-state index contributed by atoms with van der Waals surface area (Å²) in [4.78, 5) is 21.6. The Labute approximate surface area is 102 Å². The van der Waals surface area contributed by atoms with E-state index in [1.165, 1.54) is 6.92 Å². The Bertz CT molecular complexity index is 244. The van der Waals surface area contributed by atoms with Crippen molar-refractivity contribution in [2.45, 2.75) is 45.8 Å². The lowest BCUT2D eigenvalue weighted by atomic mass is 10.3. The molecular weight excluding hydrogens is 224 g/mol. The Morgan fingerprint density at radius 2 is 1.88 bits per heavy atom. The molecule has 1 atom stereocenters. The van der Waals surface area contributed by atoms with Crippen LogP contribution in [0.5, 0.6) is 0 Å². The number of urea groups is 1. The van der Waals surface area contributed by atoms with Crippen molar-refractivity contribution in [1.29, 1.82) is 0 Å². The molecule has 0 bridgehead atoms. The maximum absolute atomic E-state index is 11.2. The number of amides is 2. The summed E-state index contributed by atoms with van der Waals surface area (Å²) in [5.41, 5.74) is 0. The standard InChI is InChI=1S/C11H22N2O4/c1-8(2)17-7-5-4-6-12-11(16)13-9(3)10(14)15/h8-9H,4-7H2,1-3H3,(H,14,15)(H2,12,13,16). The van der Waals surface area contributed by atoms with Crippen molar-refractivity contribution < 1.29 is 19.4 Å². The first-order chi connectivity index (χ1) is 7.93. The number of hydrogen-bond donors (Lipinski definition) is 3. The van der Waals surface area contributed by atoms with Gasteiger partial charge in [0.25, 0.3) is 0 Å². The number of unbranched alkanes of at least 4 members (excludes halogenated alkanes) is 1. The minimum atomic E-state index is -1.05. The van der Waals surface area contributed by atoms with E-state index in [0.717, 1.165) is 12.8 Å². The predicted molar refractivity (Wildman–Crippen MR) is 64.0 cm³/mol. The molecule has 3 N–H and O–H groups in total. The summed E-state index contributed by atoms with van der Waals surface area (Å²) in [5.74, 6) is -1.05. The first-order valence-corrected chi connectivity index (χ1v) is 5.82. The van der Waals surface area contributed by atoms with Gasteiger partial charge in [0.1, 0.15) is 6.04 Å². The zero-order valence-corrected chi connectivity index (χ0v) is 10.7. The first kappa shape index (κ1) is 15.7. The summed E-state index contributed by atoms with van der Waals surface area (Å²) >= 11 is 0. The van der Waals surface area contributed by atoms with Crippen LogP contribution in [-0.2, 0) is 9.53 Å². The van der Waals surface area contributed by atoms with Gasteiger partial charge in [0, 0.05) is 13.2 Å². The highest BCUT2D eigenvalue weighted by Gasteiger charge is 2.12. The summed E-state index contributed by atoms with van der Waals surface area (Å²) in [6.07, 6.45) is 1.90. The van der Waals surface area contributed by atoms with E-state index >= 15 is 0 Å². The van der Waals surface area contributed by atoms with E-state index in [2.05, 4.69) is 10.6 Å². The molecule has 0 aromatic rings. The van der Waals surface area contributed by atoms with Crippen molar-refractivity contribution in [3.8, 4) is 0 Å². The lowest BCUT2D eigenvalue weighted by molar-refractivity contribution is -0.138. The van der Waals surface area contributed by atoms with Gasteiger partial charge in [0.2, 0.25) is 0 Å². The Morgan fingerprint density at radius 3 is 2.41 bits per heavy atom. The topological polar surface area (TPSA) is 87.7 Å². The fourth-order valence-electron chi connectivity index (χ4n) is 1.06. The molecule has 2 amide bonds. The molecule has 0 fully saturated rings. The molecule has 1 unspecified atom stereocenters. The van der Waals surface area contributed by atoms with Crippen molar-refractivity contribution in [2.75, 3.05) is 13.2 Å². The molecule has 0 aliphatic heterocycles. The van der Waals surface area contributed by atoms with Crippen LogP contribution in [0.2, 0.25) is 0 Å². The van der Waals surface area contributed by atoms with Crippen molar-refractivity contribution in [2.24, 2.45) is 0 Å². The van der Waals surface area contributed by atoms with Crippen LogP contribution in [0, 0.1) is 0 Å². The SMILES string of the molecule is CC(C)OCCCCNC(=O)NC(C)C(=O)O. The molecule has 17 heavy (non-hydrogen) atoms. The molecule has 0 saturated carbocycles. The summed E-state index contributed by atoms with van der Waals surface area (Å²) in [5, 5.41) is 13.5. The number of carboxylic acids is 1. The number of ether oxygens (including phenoxy) is 1. The van der Waals surface area contributed by atoms with E-state index in [1.807, 2.05) is 13.8 Å². The number of aliphatic carboxylic acids is 1. The zero-order chi connectivity index (χ0) is 13.3. The molecule has 0 saturated heterocycles. The molecule has 0 rings (SSSR count). The average molecular weight is 246 g/mol. The van der Waals surface area contributed by atoms with Crippen LogP contribution in [0.25, 0.3) is 0 Å². The number of nitrogens with one attached hydrogen (secondary N) is 2. The van der Waals surface area contributed by atoms with Gasteiger partial charge in [-0.1, -0.05) is 0 Å². The van der Waals surface area contributed by atoms with E-state index in [-0.39, 0.29) is 6.10 Å². The van der Waals surface area contributed by atoms with Gasteiger partial charge in [-0.15, -0.1) is 0 Å². The molecule has 0 spiro atoms. The van der Waals surface area contributed by atoms with Gasteiger partial charge in [0.05, 0.1) is 6.10 Å². The normalized spacial score (nSPS) is 12.2. The van der Waals surface area contributed by atoms with Crippen LogP contribution in [-0.4, -0.2) is 42.4 Å². The lowest BCUT2D eigenvalue weighted by Gasteiger charge is -2.11. The van der Waals surface area contributed by atoms with Gasteiger partial charge in [-0.2, -0.15) is 0 Å². The van der Waals surface area contributed by atoms with Gasteiger partial charge in [0.15, 0.2) is 0 Å². The Kier molecular flexibility index (Phi) is 8.13. The van der Waals surface area contributed by atoms with Gasteiger partial charge in [-0.25, -0.2) is 4.79 Å². The minimum absolute atomic E-state index is 0.225. The number of hydrogen-bond acceptors (Lipinski definition) is 3. The molecule has 0 aliphatic carbocycles. The second-order valence-electron chi connectivity index (χ2n) is 4.09. The van der Waals surface area contributed by atoms with Crippen LogP contribution in [0.3, 0.4) is 0 Å². The van der Waals surface area contributed by atoms with Crippen LogP contribution < -0.4 is 10.6 Å². The lowest BCUT2D eigenvalue weighted by Crippen LogP contribution is -2.44. The van der Waals surface area contributed by atoms with E-state index < -0.39 is 18.0 Å². The average Bonchev–Trinajstić information content (AvgIpc) is 2.22. The quantitative estimate of drug-likeness (QED) is 0.557. The highest BCUT2D eigenvalue weighted by Crippen LogP contribution is 1.93. The minimum Gasteiger partial charge on any atom is -0.480 e. The summed E-state index contributed by atoms with van der Waals surface area (Å²) in [6, 6.07) is -1.33. The second-order valence-corrected chi connectivity index (χ2v) is 4.09. The van der Waals surface area contributed by atoms with Crippen LogP contribution in [0.15, 0.2) is 0 Å². The van der Waals surface area contributed by atoms with E-state index in [9.17, 15) is 9.59 Å². The molecule has 6 nitrogen and oxygen atoms in total. The third-order valence-corrected chi connectivity index (χ3v) is 2.03. The van der Waals surface area contributed by atoms with Gasteiger partial charge in [-0.05, 0) is 33.6 Å². The summed E-state index contributed by atoms with van der Waals surface area (Å²) < 4.78 is 5.34. The largest absolute Gasteiger partial charge is 0.480 e. The van der Waals surface area contributed by atoms with Crippen LogP contribution in [0.1, 0.15) is 33.6 Å². The summed E-state index contributed by atoms with van der Waals surface area (Å²) in [6.45, 7) is 6.54. The molecule has 0 aromatic heterocycles. The van der Waals surface area contributed by atoms with E-state index in [4.69, 9.17) is 9.84 Å². The molecule has 100 valence electrons. The third-order valence-electron chi connectivity index (χ3n) is 2.03. The van der Waals surface area contributed by atoms with Crippen molar-refractivity contribution in [3.05, 3.63) is 0 Å². The highest BCUT2D eigenvalue weighted by molar-refractivity contribution is 5.82. The van der Waals surface area contributed by atoms with Crippen molar-refractivity contribution >= 4 is 12.0 Å². The molecule has 0 aromatic carbocycles. The fourth-order valence-corrected chi connectivity index (χ4v) is 1.06. The van der Waals surface area contributed by atoms with Crippen LogP contribution in [0.4, 0.5) is 4.79 Å². The maximum atomic E-state index is 11.2. The predicted octanol–water partition coefficient (Wildman–Crippen LogP) is 0.964. The van der Waals surface area contributed by atoms with Crippen LogP contribution >= 0.6 is 0 Å². The molecular formula is C11H22N2O4. The Hall–Kier alpha value is -1.30. The number of rotatable bonds is 8. The monoisotopic (exact) mass is 246 g/mol. The second kappa shape index (κ2) is 8.81. The Balaban J connectivity index is 3.43. The van der Waals surface area contributed by atoms with E-state index in [1.54, 1.807) is 0 Å². The number of carbonyl (C=O) groups excluding carboxylic acids is 1. The van der Waals surface area contributed by atoms with Crippen molar-refractivity contribution in [3.63, 3.8) is 0 Å². The molecule has 6 heteroatoms. The van der Waals surface area contributed by atoms with Gasteiger partial charge in [-0.3, -0.25) is 4.79 Å². The number of carboxylic acid groups (broad SMARTS) is 1. The number of carbonyl (C=O) groups is 2. The van der Waals surface area contributed by atoms with Gasteiger partial charge >= 0.3 is 12.0 Å². The fraction of sp³-hybridized carbons (Fsp3) is 0.818. The third kappa shape index (κ3) is 9.62. The molecule has 0 aliphatic rings. The Morgan fingerprint density at radius 1 is 1.24 bits per heavy atom. The first-order valence-electron chi connectivity index (χ1n) is 5.82. The molecule has 0 radical (unpaired) electrons. The highest BCUT2D eigenvalue weighted by atomic mass is 16.5. The maximum Gasteiger partial charge on any atom is 0.325 e. The zero-order valence-electron chi connectivity index (χ0n) is 10.7. The van der Waals surface area contributed by atoms with E-state index in [0.29, 0.717) is 13.2 Å².